The molecule has 19 heavy (non-hydrogen) atoms. The van der Waals surface area contributed by atoms with Crippen LogP contribution in [0.5, 0.6) is 0 Å². The van der Waals surface area contributed by atoms with Gasteiger partial charge in [-0.3, -0.25) is 4.79 Å². The summed E-state index contributed by atoms with van der Waals surface area (Å²) in [5.41, 5.74) is 2.59. The molecule has 2 atom stereocenters. The third kappa shape index (κ3) is 1.48. The Balaban J connectivity index is 1.93. The Bertz CT molecular complexity index is 676. The van der Waals surface area contributed by atoms with Crippen molar-refractivity contribution in [1.29, 1.82) is 0 Å². The molecule has 0 saturated carbocycles. The molecule has 4 rings (SSSR count). The Morgan fingerprint density at radius 1 is 1.16 bits per heavy atom. The van der Waals surface area contributed by atoms with Crippen molar-refractivity contribution < 1.29 is 9.53 Å². The second-order valence-corrected chi connectivity index (χ2v) is 5.19. The minimum Gasteiger partial charge on any atom is -0.479 e. The van der Waals surface area contributed by atoms with Gasteiger partial charge in [-0.2, -0.15) is 0 Å². The maximum atomic E-state index is 12.1. The van der Waals surface area contributed by atoms with Gasteiger partial charge in [-0.05, 0) is 18.2 Å². The highest BCUT2D eigenvalue weighted by atomic mass is 35.5. The first-order chi connectivity index (χ1) is 9.24. The van der Waals surface area contributed by atoms with Crippen LogP contribution in [0.4, 0.5) is 0 Å². The van der Waals surface area contributed by atoms with Crippen LogP contribution in [0.15, 0.2) is 70.2 Å². The number of nitrogens with one attached hydrogen (secondary N) is 1. The van der Waals surface area contributed by atoms with Crippen molar-refractivity contribution in [3.8, 4) is 0 Å². The predicted molar refractivity (Wildman–Crippen MR) is 71.9 cm³/mol. The summed E-state index contributed by atoms with van der Waals surface area (Å²) >= 11 is 6.02. The van der Waals surface area contributed by atoms with E-state index in [1.807, 2.05) is 42.5 Å². The number of hydrogen-bond acceptors (Lipinski definition) is 2. The van der Waals surface area contributed by atoms with Crippen molar-refractivity contribution in [2.75, 3.05) is 0 Å². The van der Waals surface area contributed by atoms with Crippen molar-refractivity contribution in [2.24, 2.45) is 5.92 Å². The van der Waals surface area contributed by atoms with Gasteiger partial charge in [0.1, 0.15) is 11.9 Å². The summed E-state index contributed by atoms with van der Waals surface area (Å²) in [5.74, 6) is 0.482. The Labute approximate surface area is 115 Å². The fourth-order valence-electron chi connectivity index (χ4n) is 2.73. The van der Waals surface area contributed by atoms with Gasteiger partial charge >= 0.3 is 0 Å². The van der Waals surface area contributed by atoms with E-state index in [4.69, 9.17) is 16.3 Å². The van der Waals surface area contributed by atoms with Gasteiger partial charge in [-0.15, -0.1) is 0 Å². The van der Waals surface area contributed by atoms with E-state index < -0.39 is 0 Å². The summed E-state index contributed by atoms with van der Waals surface area (Å²) in [6.07, 6.45) is 13.0. The van der Waals surface area contributed by atoms with Gasteiger partial charge in [0.15, 0.2) is 0 Å². The number of hydrogen-bond donors (Lipinski definition) is 1. The van der Waals surface area contributed by atoms with Crippen LogP contribution in [0.3, 0.4) is 0 Å². The lowest BCUT2D eigenvalue weighted by atomic mass is 9.88. The molecule has 0 aromatic rings. The highest BCUT2D eigenvalue weighted by Gasteiger charge is 2.39. The monoisotopic (exact) mass is 271 g/mol. The number of allylic oxidation sites excluding steroid dienone is 5. The van der Waals surface area contributed by atoms with Crippen LogP contribution in [0.2, 0.25) is 0 Å². The summed E-state index contributed by atoms with van der Waals surface area (Å²) in [4.78, 5) is 12.1. The molecule has 3 nitrogen and oxygen atoms in total. The topological polar surface area (TPSA) is 38.3 Å². The Kier molecular flexibility index (Phi) is 2.15. The molecular weight excluding hydrogens is 262 g/mol. The summed E-state index contributed by atoms with van der Waals surface area (Å²) in [7, 11) is 0. The first-order valence-corrected chi connectivity index (χ1v) is 6.48. The minimum absolute atomic E-state index is 0.0230. The maximum absolute atomic E-state index is 12.1. The Morgan fingerprint density at radius 2 is 2.05 bits per heavy atom. The summed E-state index contributed by atoms with van der Waals surface area (Å²) in [6, 6.07) is 0. The van der Waals surface area contributed by atoms with Crippen LogP contribution in [0.1, 0.15) is 0 Å². The lowest BCUT2D eigenvalue weighted by Crippen LogP contribution is -2.36. The highest BCUT2D eigenvalue weighted by Crippen LogP contribution is 2.41. The quantitative estimate of drug-likeness (QED) is 0.735. The SMILES string of the molecule is O=C1NC2=C3C=C(Cl)C=CC3OC2=C2C=CC=CC12. The molecule has 94 valence electrons. The van der Waals surface area contributed by atoms with Gasteiger partial charge in [-0.1, -0.05) is 35.9 Å². The van der Waals surface area contributed by atoms with E-state index in [1.54, 1.807) is 0 Å². The normalized spacial score (nSPS) is 30.6. The van der Waals surface area contributed by atoms with Gasteiger partial charge in [0.05, 0.1) is 11.6 Å². The molecule has 2 aliphatic heterocycles. The summed E-state index contributed by atoms with van der Waals surface area (Å²) in [5, 5.41) is 3.58. The molecule has 0 saturated heterocycles. The lowest BCUT2D eigenvalue weighted by molar-refractivity contribution is -0.122. The van der Waals surface area contributed by atoms with Gasteiger partial charge in [0.25, 0.3) is 0 Å². The molecule has 2 unspecified atom stereocenters. The lowest BCUT2D eigenvalue weighted by Gasteiger charge is -2.25. The fraction of sp³-hybridized carbons (Fsp3) is 0.133. The number of carbonyl (C=O) groups is 1. The molecule has 0 aromatic heterocycles. The second-order valence-electron chi connectivity index (χ2n) is 4.75. The van der Waals surface area contributed by atoms with Crippen LogP contribution in [0, 0.1) is 5.92 Å². The molecule has 4 aliphatic rings. The number of fused-ring (bicyclic) bond motifs is 3. The largest absolute Gasteiger partial charge is 0.479 e. The zero-order chi connectivity index (χ0) is 13.0. The third-order valence-corrected chi connectivity index (χ3v) is 3.84. The van der Waals surface area contributed by atoms with E-state index in [2.05, 4.69) is 5.32 Å². The second kappa shape index (κ2) is 3.75. The van der Waals surface area contributed by atoms with Crippen molar-refractivity contribution in [1.82, 2.24) is 5.32 Å². The third-order valence-electron chi connectivity index (χ3n) is 3.61. The van der Waals surface area contributed by atoms with Gasteiger partial charge in [0.2, 0.25) is 5.91 Å². The predicted octanol–water partition coefficient (Wildman–Crippen LogP) is 2.46. The number of carbonyl (C=O) groups excluding carboxylic acids is 1. The highest BCUT2D eigenvalue weighted by molar-refractivity contribution is 6.31. The molecule has 1 N–H and O–H groups in total. The Morgan fingerprint density at radius 3 is 2.95 bits per heavy atom. The van der Waals surface area contributed by atoms with E-state index in [9.17, 15) is 4.79 Å². The molecule has 0 radical (unpaired) electrons. The van der Waals surface area contributed by atoms with Crippen LogP contribution < -0.4 is 5.32 Å². The first-order valence-electron chi connectivity index (χ1n) is 6.10. The first kappa shape index (κ1) is 10.9. The van der Waals surface area contributed by atoms with Crippen molar-refractivity contribution in [3.63, 3.8) is 0 Å². The standard InChI is InChI=1S/C15H10ClNO2/c16-8-5-6-12-11(7-8)13-14(19-12)9-3-1-2-4-10(9)15(18)17-13/h1-7,10,12H,(H,17,18). The van der Waals surface area contributed by atoms with E-state index in [0.717, 1.165) is 22.6 Å². The van der Waals surface area contributed by atoms with Gasteiger partial charge < -0.3 is 10.1 Å². The molecule has 2 aliphatic carbocycles. The molecular formula is C15H10ClNO2. The van der Waals surface area contributed by atoms with Crippen molar-refractivity contribution in [3.05, 3.63) is 70.2 Å². The molecule has 0 fully saturated rings. The van der Waals surface area contributed by atoms with E-state index in [-0.39, 0.29) is 17.9 Å². The average molecular weight is 272 g/mol. The summed E-state index contributed by atoms with van der Waals surface area (Å²) in [6.45, 7) is 0. The zero-order valence-corrected chi connectivity index (χ0v) is 10.6. The Hall–Kier alpha value is -2.00. The maximum Gasteiger partial charge on any atom is 0.236 e. The van der Waals surface area contributed by atoms with Gasteiger partial charge in [-0.25, -0.2) is 0 Å². The van der Waals surface area contributed by atoms with Crippen LogP contribution in [-0.4, -0.2) is 12.0 Å². The van der Waals surface area contributed by atoms with E-state index >= 15 is 0 Å². The van der Waals surface area contributed by atoms with Crippen molar-refractivity contribution >= 4 is 17.5 Å². The smallest absolute Gasteiger partial charge is 0.236 e. The number of rotatable bonds is 0. The molecule has 0 spiro atoms. The van der Waals surface area contributed by atoms with Crippen molar-refractivity contribution in [2.45, 2.75) is 6.10 Å². The number of ether oxygens (including phenoxy) is 1. The van der Waals surface area contributed by atoms with Gasteiger partial charge in [0, 0.05) is 16.2 Å². The molecule has 1 amide bonds. The summed E-state index contributed by atoms with van der Waals surface area (Å²) < 4.78 is 5.95. The molecule has 2 heterocycles. The number of halogens is 1. The van der Waals surface area contributed by atoms with Crippen LogP contribution in [-0.2, 0) is 9.53 Å². The fourth-order valence-corrected chi connectivity index (χ4v) is 2.92. The van der Waals surface area contributed by atoms with E-state index in [0.29, 0.717) is 5.03 Å². The average Bonchev–Trinajstić information content (AvgIpc) is 2.78. The minimum atomic E-state index is -0.257. The van der Waals surface area contributed by atoms with Crippen LogP contribution >= 0.6 is 11.6 Å². The molecule has 4 heteroatoms. The molecule has 0 bridgehead atoms. The van der Waals surface area contributed by atoms with E-state index in [1.165, 1.54) is 0 Å². The van der Waals surface area contributed by atoms with Crippen LogP contribution in [0.25, 0.3) is 0 Å². The number of amides is 1. The zero-order valence-electron chi connectivity index (χ0n) is 9.89. The molecule has 0 aromatic carbocycles.